The first-order chi connectivity index (χ1) is 8.38. The largest absolute Gasteiger partial charge is 0.494 e. The molecule has 17 heavy (non-hydrogen) atoms. The first-order valence-corrected chi connectivity index (χ1v) is 7.10. The van der Waals surface area contributed by atoms with Crippen molar-refractivity contribution in [2.45, 2.75) is 51.9 Å². The Bertz CT molecular complexity index is 309. The highest BCUT2D eigenvalue weighted by atomic mass is 16.5. The summed E-state index contributed by atoms with van der Waals surface area (Å²) in [7, 11) is 0. The summed E-state index contributed by atoms with van der Waals surface area (Å²) in [6.07, 6.45) is 9.45. The Hall–Kier alpha value is -0.980. The molecule has 2 rings (SSSR count). The number of benzene rings is 1. The second-order valence-electron chi connectivity index (χ2n) is 5.14. The van der Waals surface area contributed by atoms with Crippen molar-refractivity contribution < 1.29 is 4.74 Å². The molecule has 0 aromatic heterocycles. The van der Waals surface area contributed by atoms with Crippen molar-refractivity contribution in [1.82, 2.24) is 0 Å². The first kappa shape index (κ1) is 12.5. The van der Waals surface area contributed by atoms with Crippen molar-refractivity contribution >= 4 is 0 Å². The van der Waals surface area contributed by atoms with Crippen LogP contribution in [0.25, 0.3) is 0 Å². The molecule has 1 heteroatoms. The average molecular weight is 232 g/mol. The van der Waals surface area contributed by atoms with E-state index in [-0.39, 0.29) is 0 Å². The lowest BCUT2D eigenvalue weighted by Gasteiger charge is -2.21. The summed E-state index contributed by atoms with van der Waals surface area (Å²) in [5.74, 6) is 1.94. The maximum Gasteiger partial charge on any atom is 0.119 e. The van der Waals surface area contributed by atoms with Gasteiger partial charge >= 0.3 is 0 Å². The summed E-state index contributed by atoms with van der Waals surface area (Å²) in [6, 6.07) is 8.52. The van der Waals surface area contributed by atoms with Crippen molar-refractivity contribution in [2.24, 2.45) is 5.92 Å². The predicted molar refractivity (Wildman–Crippen MR) is 72.5 cm³/mol. The van der Waals surface area contributed by atoms with E-state index < -0.39 is 0 Å². The zero-order valence-electron chi connectivity index (χ0n) is 11.0. The molecule has 1 saturated carbocycles. The number of hydrogen-bond acceptors (Lipinski definition) is 1. The van der Waals surface area contributed by atoms with Crippen molar-refractivity contribution in [3.63, 3.8) is 0 Å². The van der Waals surface area contributed by atoms with Crippen LogP contribution in [0.5, 0.6) is 5.75 Å². The van der Waals surface area contributed by atoms with Gasteiger partial charge in [0.15, 0.2) is 0 Å². The van der Waals surface area contributed by atoms with E-state index >= 15 is 0 Å². The SMILES string of the molecule is CCc1ccc(OCCC2CCCCC2)cc1. The van der Waals surface area contributed by atoms with Crippen LogP contribution in [0.4, 0.5) is 0 Å². The van der Waals surface area contributed by atoms with Gasteiger partial charge in [-0.3, -0.25) is 0 Å². The van der Waals surface area contributed by atoms with Crippen LogP contribution >= 0.6 is 0 Å². The number of rotatable bonds is 5. The summed E-state index contributed by atoms with van der Waals surface area (Å²) in [5, 5.41) is 0. The third-order valence-corrected chi connectivity index (χ3v) is 3.85. The molecule has 0 saturated heterocycles. The van der Waals surface area contributed by atoms with Gasteiger partial charge in [0.25, 0.3) is 0 Å². The minimum Gasteiger partial charge on any atom is -0.494 e. The van der Waals surface area contributed by atoms with E-state index in [4.69, 9.17) is 4.74 Å². The number of ether oxygens (including phenoxy) is 1. The first-order valence-electron chi connectivity index (χ1n) is 7.10. The summed E-state index contributed by atoms with van der Waals surface area (Å²) >= 11 is 0. The lowest BCUT2D eigenvalue weighted by Crippen LogP contribution is -2.10. The van der Waals surface area contributed by atoms with E-state index in [9.17, 15) is 0 Å². The third-order valence-electron chi connectivity index (χ3n) is 3.85. The van der Waals surface area contributed by atoms with Gasteiger partial charge < -0.3 is 4.74 Å². The highest BCUT2D eigenvalue weighted by molar-refractivity contribution is 5.27. The Morgan fingerprint density at radius 1 is 1.06 bits per heavy atom. The maximum absolute atomic E-state index is 5.81. The minimum atomic E-state index is 0.885. The summed E-state index contributed by atoms with van der Waals surface area (Å²) in [6.45, 7) is 3.06. The molecule has 0 bridgehead atoms. The fraction of sp³-hybridized carbons (Fsp3) is 0.625. The summed E-state index contributed by atoms with van der Waals surface area (Å²) in [4.78, 5) is 0. The molecular formula is C16H24O. The summed E-state index contributed by atoms with van der Waals surface area (Å²) < 4.78 is 5.81. The number of aryl methyl sites for hydroxylation is 1. The van der Waals surface area contributed by atoms with Crippen LogP contribution in [0.2, 0.25) is 0 Å². The minimum absolute atomic E-state index is 0.885. The maximum atomic E-state index is 5.81. The van der Waals surface area contributed by atoms with Crippen LogP contribution in [-0.4, -0.2) is 6.61 Å². The van der Waals surface area contributed by atoms with Crippen LogP contribution in [0, 0.1) is 5.92 Å². The molecule has 0 heterocycles. The topological polar surface area (TPSA) is 9.23 Å². The summed E-state index contributed by atoms with van der Waals surface area (Å²) in [5.41, 5.74) is 1.38. The predicted octanol–water partition coefficient (Wildman–Crippen LogP) is 4.60. The molecule has 1 aliphatic rings. The van der Waals surface area contributed by atoms with E-state index in [0.717, 1.165) is 24.7 Å². The van der Waals surface area contributed by atoms with Gasteiger partial charge in [-0.2, -0.15) is 0 Å². The molecule has 0 spiro atoms. The van der Waals surface area contributed by atoms with Crippen LogP contribution in [-0.2, 0) is 6.42 Å². The molecule has 0 atom stereocenters. The normalized spacial score (nSPS) is 17.0. The highest BCUT2D eigenvalue weighted by Crippen LogP contribution is 2.26. The molecule has 1 aliphatic carbocycles. The molecular weight excluding hydrogens is 208 g/mol. The molecule has 1 aromatic carbocycles. The zero-order chi connectivity index (χ0) is 11.9. The molecule has 94 valence electrons. The quantitative estimate of drug-likeness (QED) is 0.721. The van der Waals surface area contributed by atoms with Crippen LogP contribution in [0.1, 0.15) is 51.0 Å². The molecule has 1 aromatic rings. The molecule has 0 amide bonds. The fourth-order valence-corrected chi connectivity index (χ4v) is 2.64. The van der Waals surface area contributed by atoms with Gasteiger partial charge in [0.05, 0.1) is 6.61 Å². The van der Waals surface area contributed by atoms with E-state index in [1.165, 1.54) is 44.1 Å². The van der Waals surface area contributed by atoms with Gasteiger partial charge in [0, 0.05) is 0 Å². The van der Waals surface area contributed by atoms with Gasteiger partial charge in [0.1, 0.15) is 5.75 Å². The van der Waals surface area contributed by atoms with Crippen LogP contribution < -0.4 is 4.74 Å². The Balaban J connectivity index is 1.69. The van der Waals surface area contributed by atoms with E-state index in [0.29, 0.717) is 0 Å². The molecule has 1 nitrogen and oxygen atoms in total. The average Bonchev–Trinajstić information content (AvgIpc) is 2.41. The molecule has 1 fully saturated rings. The fourth-order valence-electron chi connectivity index (χ4n) is 2.64. The number of hydrogen-bond donors (Lipinski definition) is 0. The van der Waals surface area contributed by atoms with Crippen molar-refractivity contribution in [1.29, 1.82) is 0 Å². The monoisotopic (exact) mass is 232 g/mol. The lowest BCUT2D eigenvalue weighted by atomic mass is 9.87. The smallest absolute Gasteiger partial charge is 0.119 e. The Labute approximate surface area is 105 Å². The van der Waals surface area contributed by atoms with Crippen LogP contribution in [0.3, 0.4) is 0 Å². The highest BCUT2D eigenvalue weighted by Gasteiger charge is 2.12. The second kappa shape index (κ2) is 6.68. The van der Waals surface area contributed by atoms with Crippen molar-refractivity contribution in [2.75, 3.05) is 6.61 Å². The van der Waals surface area contributed by atoms with E-state index in [1.807, 2.05) is 0 Å². The van der Waals surface area contributed by atoms with E-state index in [1.54, 1.807) is 0 Å². The molecule has 0 radical (unpaired) electrons. The molecule has 0 aliphatic heterocycles. The van der Waals surface area contributed by atoms with Gasteiger partial charge in [0.2, 0.25) is 0 Å². The molecule has 0 unspecified atom stereocenters. The third kappa shape index (κ3) is 4.07. The Morgan fingerprint density at radius 2 is 1.76 bits per heavy atom. The van der Waals surface area contributed by atoms with Crippen LogP contribution in [0.15, 0.2) is 24.3 Å². The van der Waals surface area contributed by atoms with Gasteiger partial charge in [-0.15, -0.1) is 0 Å². The standard InChI is InChI=1S/C16H24O/c1-2-14-8-10-16(11-9-14)17-13-12-15-6-4-3-5-7-15/h8-11,15H,2-7,12-13H2,1H3. The van der Waals surface area contributed by atoms with Gasteiger partial charge in [-0.05, 0) is 36.5 Å². The van der Waals surface area contributed by atoms with Crippen molar-refractivity contribution in [3.8, 4) is 5.75 Å². The molecule has 0 N–H and O–H groups in total. The van der Waals surface area contributed by atoms with E-state index in [2.05, 4.69) is 31.2 Å². The van der Waals surface area contributed by atoms with Crippen molar-refractivity contribution in [3.05, 3.63) is 29.8 Å². The Kier molecular flexibility index (Phi) is 4.90. The second-order valence-corrected chi connectivity index (χ2v) is 5.14. The van der Waals surface area contributed by atoms with Gasteiger partial charge in [-0.25, -0.2) is 0 Å². The van der Waals surface area contributed by atoms with Gasteiger partial charge in [-0.1, -0.05) is 51.2 Å². The zero-order valence-corrected chi connectivity index (χ0v) is 11.0. The Morgan fingerprint density at radius 3 is 2.41 bits per heavy atom. The lowest BCUT2D eigenvalue weighted by molar-refractivity contribution is 0.246.